The first kappa shape index (κ1) is 14.9. The number of ether oxygens (including phenoxy) is 1. The van der Waals surface area contributed by atoms with Crippen LogP contribution in [-0.2, 0) is 0 Å². The lowest BCUT2D eigenvalue weighted by atomic mass is 9.78. The van der Waals surface area contributed by atoms with E-state index in [0.717, 1.165) is 29.8 Å². The van der Waals surface area contributed by atoms with E-state index in [1.165, 1.54) is 38.5 Å². The Kier molecular flexibility index (Phi) is 5.71. The molecule has 0 saturated heterocycles. The third kappa shape index (κ3) is 4.50. The zero-order valence-electron chi connectivity index (χ0n) is 11.5. The molecule has 1 fully saturated rings. The Morgan fingerprint density at radius 1 is 1.05 bits per heavy atom. The van der Waals surface area contributed by atoms with Gasteiger partial charge in [0.05, 0.1) is 6.61 Å². The van der Waals surface area contributed by atoms with E-state index in [-0.39, 0.29) is 0 Å². The molecule has 0 amide bonds. The van der Waals surface area contributed by atoms with Crippen LogP contribution >= 0.6 is 15.9 Å². The molecule has 0 radical (unpaired) electrons. The molecule has 1 aromatic carbocycles. The van der Waals surface area contributed by atoms with Crippen LogP contribution in [0.4, 0.5) is 0 Å². The van der Waals surface area contributed by atoms with Gasteiger partial charge in [-0.15, -0.1) is 0 Å². The van der Waals surface area contributed by atoms with Gasteiger partial charge in [0.1, 0.15) is 5.75 Å². The summed E-state index contributed by atoms with van der Waals surface area (Å²) in [6.45, 7) is 1.58. The van der Waals surface area contributed by atoms with E-state index < -0.39 is 0 Å². The third-order valence-electron chi connectivity index (χ3n) is 4.31. The van der Waals surface area contributed by atoms with Crippen molar-refractivity contribution in [1.82, 2.24) is 0 Å². The Balaban J connectivity index is 1.83. The number of hydrogen-bond acceptors (Lipinski definition) is 2. The first-order valence-electron chi connectivity index (χ1n) is 7.33. The maximum absolute atomic E-state index is 6.05. The molecular formula is C16H24BrNO. The highest BCUT2D eigenvalue weighted by molar-refractivity contribution is 9.10. The Labute approximate surface area is 124 Å². The lowest BCUT2D eigenvalue weighted by molar-refractivity contribution is 0.177. The van der Waals surface area contributed by atoms with Gasteiger partial charge in [0.25, 0.3) is 0 Å². The quantitative estimate of drug-likeness (QED) is 0.808. The molecule has 1 aliphatic rings. The van der Waals surface area contributed by atoms with E-state index in [0.29, 0.717) is 5.41 Å². The van der Waals surface area contributed by atoms with Crippen molar-refractivity contribution in [3.8, 4) is 5.75 Å². The van der Waals surface area contributed by atoms with Crippen molar-refractivity contribution in [3.63, 3.8) is 0 Å². The van der Waals surface area contributed by atoms with Gasteiger partial charge >= 0.3 is 0 Å². The molecule has 2 rings (SSSR count). The number of halogens is 1. The molecule has 1 saturated carbocycles. The van der Waals surface area contributed by atoms with Gasteiger partial charge in [-0.3, -0.25) is 0 Å². The molecule has 1 aliphatic carbocycles. The summed E-state index contributed by atoms with van der Waals surface area (Å²) >= 11 is 3.43. The summed E-state index contributed by atoms with van der Waals surface area (Å²) in [6, 6.07) is 8.04. The molecule has 1 aromatic rings. The van der Waals surface area contributed by atoms with Gasteiger partial charge < -0.3 is 10.5 Å². The number of nitrogens with two attached hydrogens (primary N) is 1. The summed E-state index contributed by atoms with van der Waals surface area (Å²) in [5.41, 5.74) is 6.37. The monoisotopic (exact) mass is 325 g/mol. The lowest BCUT2D eigenvalue weighted by Crippen LogP contribution is -2.31. The maximum Gasteiger partial charge on any atom is 0.119 e. The summed E-state index contributed by atoms with van der Waals surface area (Å²) in [5.74, 6) is 0.948. The molecule has 106 valence electrons. The van der Waals surface area contributed by atoms with Gasteiger partial charge in [-0.25, -0.2) is 0 Å². The van der Waals surface area contributed by atoms with Gasteiger partial charge in [-0.05, 0) is 55.5 Å². The van der Waals surface area contributed by atoms with E-state index in [1.807, 2.05) is 24.3 Å². The van der Waals surface area contributed by atoms with Crippen molar-refractivity contribution < 1.29 is 4.74 Å². The van der Waals surface area contributed by atoms with Gasteiger partial charge in [0.15, 0.2) is 0 Å². The highest BCUT2D eigenvalue weighted by Crippen LogP contribution is 2.37. The molecule has 2 nitrogen and oxygen atoms in total. The molecule has 0 atom stereocenters. The van der Waals surface area contributed by atoms with Crippen molar-refractivity contribution in [2.75, 3.05) is 13.2 Å². The fraction of sp³-hybridized carbons (Fsp3) is 0.625. The Bertz CT molecular complexity index is 369. The van der Waals surface area contributed by atoms with Crippen molar-refractivity contribution in [1.29, 1.82) is 0 Å². The Hall–Kier alpha value is -0.540. The van der Waals surface area contributed by atoms with E-state index in [1.54, 1.807) is 0 Å². The second kappa shape index (κ2) is 7.30. The minimum Gasteiger partial charge on any atom is -0.494 e. The van der Waals surface area contributed by atoms with Crippen LogP contribution in [0.1, 0.15) is 44.9 Å². The van der Waals surface area contributed by atoms with Gasteiger partial charge in [0, 0.05) is 4.47 Å². The van der Waals surface area contributed by atoms with Crippen LogP contribution in [0.25, 0.3) is 0 Å². The van der Waals surface area contributed by atoms with Crippen LogP contribution in [0.5, 0.6) is 5.75 Å². The highest BCUT2D eigenvalue weighted by atomic mass is 79.9. The third-order valence-corrected chi connectivity index (χ3v) is 4.84. The van der Waals surface area contributed by atoms with E-state index in [4.69, 9.17) is 10.5 Å². The van der Waals surface area contributed by atoms with Crippen LogP contribution in [0.3, 0.4) is 0 Å². The number of benzene rings is 1. The standard InChI is InChI=1S/C16H24BrNO/c17-14-5-7-15(8-6-14)19-12-11-16(13-18)9-3-1-2-4-10-16/h5-8H,1-4,9-13,18H2. The molecule has 3 heteroatoms. The first-order chi connectivity index (χ1) is 9.24. The SMILES string of the molecule is NCC1(CCOc2ccc(Br)cc2)CCCCCC1. The molecule has 0 bridgehead atoms. The molecule has 0 heterocycles. The normalized spacial score (nSPS) is 18.8. The first-order valence-corrected chi connectivity index (χ1v) is 8.12. The highest BCUT2D eigenvalue weighted by Gasteiger charge is 2.29. The second-order valence-corrected chi connectivity index (χ2v) is 6.59. The fourth-order valence-corrected chi connectivity index (χ4v) is 3.22. The van der Waals surface area contributed by atoms with Crippen LogP contribution in [0, 0.1) is 5.41 Å². The number of rotatable bonds is 5. The van der Waals surface area contributed by atoms with Crippen molar-refractivity contribution in [2.24, 2.45) is 11.1 Å². The van der Waals surface area contributed by atoms with Gasteiger partial charge in [0.2, 0.25) is 0 Å². The van der Waals surface area contributed by atoms with Crippen LogP contribution in [0.2, 0.25) is 0 Å². The average molecular weight is 326 g/mol. The van der Waals surface area contributed by atoms with E-state index >= 15 is 0 Å². The van der Waals surface area contributed by atoms with Gasteiger partial charge in [-0.1, -0.05) is 41.6 Å². The minimum absolute atomic E-state index is 0.325. The zero-order chi connectivity index (χ0) is 13.6. The molecule has 0 aliphatic heterocycles. The molecule has 2 N–H and O–H groups in total. The predicted molar refractivity (Wildman–Crippen MR) is 83.4 cm³/mol. The van der Waals surface area contributed by atoms with E-state index in [2.05, 4.69) is 15.9 Å². The zero-order valence-corrected chi connectivity index (χ0v) is 13.1. The van der Waals surface area contributed by atoms with Crippen molar-refractivity contribution in [2.45, 2.75) is 44.9 Å². The summed E-state index contributed by atoms with van der Waals surface area (Å²) < 4.78 is 6.94. The second-order valence-electron chi connectivity index (χ2n) is 5.67. The number of hydrogen-bond donors (Lipinski definition) is 1. The van der Waals surface area contributed by atoms with Crippen molar-refractivity contribution >= 4 is 15.9 Å². The van der Waals surface area contributed by atoms with Crippen LogP contribution < -0.4 is 10.5 Å². The summed E-state index contributed by atoms with van der Waals surface area (Å²) in [7, 11) is 0. The fourth-order valence-electron chi connectivity index (χ4n) is 2.95. The molecule has 0 unspecified atom stereocenters. The predicted octanol–water partition coefficient (Wildman–Crippen LogP) is 4.52. The molecular weight excluding hydrogens is 302 g/mol. The Morgan fingerprint density at radius 2 is 1.68 bits per heavy atom. The maximum atomic E-state index is 6.05. The summed E-state index contributed by atoms with van der Waals surface area (Å²) in [6.07, 6.45) is 9.02. The van der Waals surface area contributed by atoms with Crippen molar-refractivity contribution in [3.05, 3.63) is 28.7 Å². The lowest BCUT2D eigenvalue weighted by Gasteiger charge is -2.31. The molecule has 19 heavy (non-hydrogen) atoms. The smallest absolute Gasteiger partial charge is 0.119 e. The van der Waals surface area contributed by atoms with Gasteiger partial charge in [-0.2, -0.15) is 0 Å². The average Bonchev–Trinajstić information content (AvgIpc) is 2.67. The van der Waals surface area contributed by atoms with Crippen LogP contribution in [0.15, 0.2) is 28.7 Å². The molecule has 0 aromatic heterocycles. The van der Waals surface area contributed by atoms with Crippen LogP contribution in [-0.4, -0.2) is 13.2 Å². The Morgan fingerprint density at radius 3 is 2.26 bits per heavy atom. The summed E-state index contributed by atoms with van der Waals surface area (Å²) in [5, 5.41) is 0. The van der Waals surface area contributed by atoms with E-state index in [9.17, 15) is 0 Å². The largest absolute Gasteiger partial charge is 0.494 e. The summed E-state index contributed by atoms with van der Waals surface area (Å²) in [4.78, 5) is 0. The molecule has 0 spiro atoms. The topological polar surface area (TPSA) is 35.2 Å². The minimum atomic E-state index is 0.325.